The predicted octanol–water partition coefficient (Wildman–Crippen LogP) is 4.54. The van der Waals surface area contributed by atoms with Gasteiger partial charge in [0.25, 0.3) is 5.91 Å². The van der Waals surface area contributed by atoms with Crippen molar-refractivity contribution in [1.29, 1.82) is 0 Å². The van der Waals surface area contributed by atoms with Gasteiger partial charge in [-0.25, -0.2) is 4.98 Å². The maximum atomic E-state index is 13.7. The Morgan fingerprint density at radius 2 is 1.90 bits per heavy atom. The van der Waals surface area contributed by atoms with Crippen LogP contribution in [0.3, 0.4) is 0 Å². The zero-order valence-corrected chi connectivity index (χ0v) is 24.6. The van der Waals surface area contributed by atoms with Gasteiger partial charge < -0.3 is 19.1 Å². The van der Waals surface area contributed by atoms with E-state index in [9.17, 15) is 9.35 Å². The maximum Gasteiger partial charge on any atom is 0.254 e. The second-order valence-corrected chi connectivity index (χ2v) is 12.9. The normalized spacial score (nSPS) is 18.2. The number of amides is 1. The molecule has 3 aromatic rings. The molecule has 0 radical (unpaired) electrons. The molecule has 2 aliphatic heterocycles. The molecule has 5 rings (SSSR count). The first-order valence-electron chi connectivity index (χ1n) is 13.3. The Balaban J connectivity index is 1.28. The summed E-state index contributed by atoms with van der Waals surface area (Å²) in [6.07, 6.45) is 0.882. The third-order valence-electron chi connectivity index (χ3n) is 7.85. The Morgan fingerprint density at radius 1 is 1.15 bits per heavy atom. The van der Waals surface area contributed by atoms with Crippen LogP contribution in [0.2, 0.25) is 10.0 Å². The number of nitrogens with zero attached hydrogens (tertiary/aromatic N) is 4. The number of hydrogen-bond donors (Lipinski definition) is 0. The number of halogens is 2. The van der Waals surface area contributed by atoms with Crippen LogP contribution in [0.4, 0.5) is 0 Å². The fourth-order valence-electron chi connectivity index (χ4n) is 5.49. The van der Waals surface area contributed by atoms with Crippen molar-refractivity contribution in [2.45, 2.75) is 18.4 Å². The lowest BCUT2D eigenvalue weighted by Crippen LogP contribution is -2.62. The molecule has 0 saturated carbocycles. The molecule has 2 saturated heterocycles. The van der Waals surface area contributed by atoms with E-state index in [0.29, 0.717) is 34.1 Å². The molecule has 0 bridgehead atoms. The van der Waals surface area contributed by atoms with E-state index in [1.807, 2.05) is 49.5 Å². The molecule has 3 heterocycles. The number of aromatic nitrogens is 1. The van der Waals surface area contributed by atoms with Gasteiger partial charge in [0, 0.05) is 63.2 Å². The fraction of sp³-hybridized carbons (Fsp3) is 0.448. The summed E-state index contributed by atoms with van der Waals surface area (Å²) in [5.41, 5.74) is 2.36. The van der Waals surface area contributed by atoms with Crippen LogP contribution in [0, 0.1) is 0 Å². The number of pyridine rings is 1. The minimum absolute atomic E-state index is 0.0801. The highest BCUT2D eigenvalue weighted by Gasteiger charge is 2.35. The largest absolute Gasteiger partial charge is 0.616 e. The summed E-state index contributed by atoms with van der Waals surface area (Å²) in [5.74, 6) is 1.99. The van der Waals surface area contributed by atoms with Gasteiger partial charge in [-0.3, -0.25) is 9.69 Å². The van der Waals surface area contributed by atoms with Crippen LogP contribution < -0.4 is 4.74 Å². The zero-order chi connectivity index (χ0) is 27.5. The fourth-order valence-corrected chi connectivity index (χ4v) is 6.88. The first kappa shape index (κ1) is 28.5. The second-order valence-electron chi connectivity index (χ2n) is 10.4. The Hall–Kier alpha value is -2.07. The second kappa shape index (κ2) is 12.6. The summed E-state index contributed by atoms with van der Waals surface area (Å²) >= 11 is 12.0. The molecule has 208 valence electrons. The maximum absolute atomic E-state index is 13.7. The number of fused-ring (bicyclic) bond motifs is 1. The van der Waals surface area contributed by atoms with E-state index in [2.05, 4.69) is 14.8 Å². The van der Waals surface area contributed by atoms with Crippen LogP contribution in [0.25, 0.3) is 10.9 Å². The minimum Gasteiger partial charge on any atom is -0.616 e. The molecular weight excluding hydrogens is 555 g/mol. The van der Waals surface area contributed by atoms with Gasteiger partial charge in [0.1, 0.15) is 11.5 Å². The average Bonchev–Trinajstić information content (AvgIpc) is 2.92. The first-order valence-corrected chi connectivity index (χ1v) is 15.5. The van der Waals surface area contributed by atoms with Crippen molar-refractivity contribution >= 4 is 51.2 Å². The molecule has 0 spiro atoms. The number of rotatable bonds is 9. The summed E-state index contributed by atoms with van der Waals surface area (Å²) < 4.78 is 17.1. The Kier molecular flexibility index (Phi) is 9.21. The number of methoxy groups -OCH3 is 1. The number of para-hydroxylation sites is 1. The lowest BCUT2D eigenvalue weighted by molar-refractivity contribution is 0.0363. The topological polar surface area (TPSA) is 72.0 Å². The number of carbonyl (C=O) groups excluding carboxylic acids is 1. The zero-order valence-electron chi connectivity index (χ0n) is 22.3. The standard InChI is InChI=1S/C29H34Cl2N4O3S/c1-33(29(36)24-16-28(38-2)32-27-6-4-3-5-23(24)27)17-21(20-7-8-25(30)26(31)15-20)9-10-34-18-22(19-34)35-11-13-39(37)14-12-35/h3-8,15-16,21-22H,9-14,17-19H2,1-2H3/t21-/m1/s1. The Bertz CT molecular complexity index is 1310. The molecule has 0 N–H and O–H groups in total. The van der Waals surface area contributed by atoms with Gasteiger partial charge in [0.05, 0.1) is 28.2 Å². The van der Waals surface area contributed by atoms with Crippen LogP contribution in [-0.2, 0) is 11.2 Å². The number of likely N-dealkylation sites (N-methyl/N-ethyl adjacent to an activating group) is 1. The molecule has 10 heteroatoms. The van der Waals surface area contributed by atoms with Crippen molar-refractivity contribution in [2.75, 3.05) is 64.9 Å². The van der Waals surface area contributed by atoms with Crippen molar-refractivity contribution in [2.24, 2.45) is 0 Å². The smallest absolute Gasteiger partial charge is 0.254 e. The number of hydrogen-bond acceptors (Lipinski definition) is 6. The SMILES string of the molecule is COc1cc(C(=O)N(C)C[C@@H](CCN2CC(N3CC[S+]([O-])CC3)C2)c2ccc(Cl)c(Cl)c2)c2ccccc2n1. The van der Waals surface area contributed by atoms with E-state index in [1.54, 1.807) is 18.1 Å². The molecular formula is C29H34Cl2N4O3S. The van der Waals surface area contributed by atoms with Crippen molar-refractivity contribution in [1.82, 2.24) is 19.7 Å². The minimum atomic E-state index is -0.650. The monoisotopic (exact) mass is 588 g/mol. The summed E-state index contributed by atoms with van der Waals surface area (Å²) in [4.78, 5) is 24.9. The molecule has 0 aliphatic carbocycles. The quantitative estimate of drug-likeness (QED) is 0.342. The van der Waals surface area contributed by atoms with E-state index >= 15 is 0 Å². The van der Waals surface area contributed by atoms with Crippen molar-refractivity contribution in [3.63, 3.8) is 0 Å². The van der Waals surface area contributed by atoms with E-state index in [4.69, 9.17) is 27.9 Å². The summed E-state index contributed by atoms with van der Waals surface area (Å²) in [6.45, 7) is 5.37. The average molecular weight is 590 g/mol. The number of ether oxygens (including phenoxy) is 1. The highest BCUT2D eigenvalue weighted by Crippen LogP contribution is 2.31. The molecule has 7 nitrogen and oxygen atoms in total. The molecule has 1 amide bonds. The molecule has 1 atom stereocenters. The van der Waals surface area contributed by atoms with Gasteiger partial charge >= 0.3 is 0 Å². The Labute approximate surface area is 243 Å². The lowest BCUT2D eigenvalue weighted by atomic mass is 9.93. The highest BCUT2D eigenvalue weighted by atomic mass is 35.5. The van der Waals surface area contributed by atoms with E-state index in [-0.39, 0.29) is 11.8 Å². The van der Waals surface area contributed by atoms with E-state index in [1.165, 1.54) is 0 Å². The van der Waals surface area contributed by atoms with E-state index in [0.717, 1.165) is 67.1 Å². The number of likely N-dealkylation sites (tertiary alicyclic amines) is 1. The number of carbonyl (C=O) groups is 1. The summed E-state index contributed by atoms with van der Waals surface area (Å²) in [7, 11) is 3.40. The van der Waals surface area contributed by atoms with Crippen LogP contribution in [0.5, 0.6) is 5.88 Å². The van der Waals surface area contributed by atoms with E-state index < -0.39 is 11.2 Å². The van der Waals surface area contributed by atoms with Crippen LogP contribution in [0.1, 0.15) is 28.3 Å². The lowest BCUT2D eigenvalue weighted by Gasteiger charge is -2.47. The van der Waals surface area contributed by atoms with Gasteiger partial charge in [0.2, 0.25) is 5.88 Å². The first-order chi connectivity index (χ1) is 18.8. The highest BCUT2D eigenvalue weighted by molar-refractivity contribution is 7.91. The third-order valence-corrected chi connectivity index (χ3v) is 9.86. The van der Waals surface area contributed by atoms with Crippen molar-refractivity contribution in [3.05, 3.63) is 69.7 Å². The molecule has 39 heavy (non-hydrogen) atoms. The van der Waals surface area contributed by atoms with Crippen molar-refractivity contribution < 1.29 is 14.1 Å². The van der Waals surface area contributed by atoms with Gasteiger partial charge in [-0.2, -0.15) is 0 Å². The van der Waals surface area contributed by atoms with Gasteiger partial charge in [0.15, 0.2) is 0 Å². The van der Waals surface area contributed by atoms with Gasteiger partial charge in [-0.1, -0.05) is 58.6 Å². The van der Waals surface area contributed by atoms with Crippen LogP contribution >= 0.6 is 23.2 Å². The third kappa shape index (κ3) is 6.64. The Morgan fingerprint density at radius 3 is 2.62 bits per heavy atom. The summed E-state index contributed by atoms with van der Waals surface area (Å²) in [6, 6.07) is 15.6. The molecule has 1 aromatic heterocycles. The van der Waals surface area contributed by atoms with Crippen LogP contribution in [-0.4, -0.2) is 101 Å². The van der Waals surface area contributed by atoms with Crippen LogP contribution in [0.15, 0.2) is 48.5 Å². The molecule has 2 aliphatic rings. The number of benzene rings is 2. The molecule has 2 aromatic carbocycles. The predicted molar refractivity (Wildman–Crippen MR) is 159 cm³/mol. The molecule has 0 unspecified atom stereocenters. The van der Waals surface area contributed by atoms with Gasteiger partial charge in [-0.15, -0.1) is 0 Å². The summed E-state index contributed by atoms with van der Waals surface area (Å²) in [5, 5.41) is 1.84. The molecule has 2 fully saturated rings. The van der Waals surface area contributed by atoms with Crippen molar-refractivity contribution in [3.8, 4) is 5.88 Å². The van der Waals surface area contributed by atoms with Gasteiger partial charge in [-0.05, 0) is 36.7 Å².